The van der Waals surface area contributed by atoms with Gasteiger partial charge in [-0.2, -0.15) is 0 Å². The van der Waals surface area contributed by atoms with Crippen molar-refractivity contribution in [2.45, 2.75) is 39.7 Å². The molecule has 5 heteroatoms. The van der Waals surface area contributed by atoms with Crippen LogP contribution in [0.5, 0.6) is 0 Å². The van der Waals surface area contributed by atoms with Crippen LogP contribution in [-0.2, 0) is 14.3 Å². The smallest absolute Gasteiger partial charge is 0.319 e. The lowest BCUT2D eigenvalue weighted by Crippen LogP contribution is -2.41. The normalized spacial score (nSPS) is 11.0. The van der Waals surface area contributed by atoms with Crippen molar-refractivity contribution >= 4 is 11.9 Å². The fraction of sp³-hybridized carbons (Fsp3) is 0.818. The molecule has 0 saturated carbocycles. The molecule has 0 aromatic rings. The third-order valence-electron chi connectivity index (χ3n) is 1.62. The number of hydrogen-bond donors (Lipinski definition) is 2. The molecular weight excluding hydrogens is 208 g/mol. The van der Waals surface area contributed by atoms with Gasteiger partial charge in [0.15, 0.2) is 0 Å². The van der Waals surface area contributed by atoms with E-state index < -0.39 is 0 Å². The van der Waals surface area contributed by atoms with Gasteiger partial charge in [-0.25, -0.2) is 0 Å². The lowest BCUT2D eigenvalue weighted by molar-refractivity contribution is -0.142. The van der Waals surface area contributed by atoms with Gasteiger partial charge < -0.3 is 15.4 Å². The highest BCUT2D eigenvalue weighted by atomic mass is 16.5. The van der Waals surface area contributed by atoms with E-state index in [-0.39, 0.29) is 24.0 Å². The SMILES string of the molecule is CCOC(=O)CNCCC(=O)NC(C)(C)C. The average Bonchev–Trinajstić information content (AvgIpc) is 2.10. The van der Waals surface area contributed by atoms with Gasteiger partial charge in [0.05, 0.1) is 13.2 Å². The van der Waals surface area contributed by atoms with Gasteiger partial charge in [0.2, 0.25) is 5.91 Å². The Bertz CT molecular complexity index is 234. The maximum Gasteiger partial charge on any atom is 0.319 e. The first-order valence-corrected chi connectivity index (χ1v) is 5.52. The van der Waals surface area contributed by atoms with Crippen LogP contribution in [0.25, 0.3) is 0 Å². The standard InChI is InChI=1S/C11H22N2O3/c1-5-16-10(15)8-12-7-6-9(14)13-11(2,3)4/h12H,5-8H2,1-4H3,(H,13,14). The maximum absolute atomic E-state index is 11.4. The summed E-state index contributed by atoms with van der Waals surface area (Å²) in [6.45, 7) is 8.54. The highest BCUT2D eigenvalue weighted by Crippen LogP contribution is 1.98. The van der Waals surface area contributed by atoms with Crippen LogP contribution < -0.4 is 10.6 Å². The van der Waals surface area contributed by atoms with Crippen molar-refractivity contribution < 1.29 is 14.3 Å². The summed E-state index contributed by atoms with van der Waals surface area (Å²) < 4.78 is 4.73. The van der Waals surface area contributed by atoms with Gasteiger partial charge in [-0.15, -0.1) is 0 Å². The van der Waals surface area contributed by atoms with Crippen LogP contribution in [0.2, 0.25) is 0 Å². The van der Waals surface area contributed by atoms with E-state index in [4.69, 9.17) is 4.74 Å². The first kappa shape index (κ1) is 14.9. The summed E-state index contributed by atoms with van der Waals surface area (Å²) >= 11 is 0. The van der Waals surface area contributed by atoms with E-state index >= 15 is 0 Å². The van der Waals surface area contributed by atoms with Crippen molar-refractivity contribution in [3.63, 3.8) is 0 Å². The molecule has 0 radical (unpaired) electrons. The maximum atomic E-state index is 11.4. The summed E-state index contributed by atoms with van der Waals surface area (Å²) in [5.41, 5.74) is -0.210. The van der Waals surface area contributed by atoms with Gasteiger partial charge in [0.1, 0.15) is 0 Å². The topological polar surface area (TPSA) is 67.4 Å². The quantitative estimate of drug-likeness (QED) is 0.513. The Morgan fingerprint density at radius 2 is 1.88 bits per heavy atom. The Labute approximate surface area is 96.9 Å². The molecular formula is C11H22N2O3. The van der Waals surface area contributed by atoms with Crippen LogP contribution in [-0.4, -0.2) is 37.1 Å². The molecule has 1 amide bonds. The second kappa shape index (κ2) is 7.22. The number of carbonyl (C=O) groups excluding carboxylic acids is 2. The molecule has 0 heterocycles. The number of ether oxygens (including phenoxy) is 1. The van der Waals surface area contributed by atoms with Crippen LogP contribution in [0, 0.1) is 0 Å². The summed E-state index contributed by atoms with van der Waals surface area (Å²) in [5, 5.41) is 5.69. The van der Waals surface area contributed by atoms with Crippen molar-refractivity contribution in [3.05, 3.63) is 0 Å². The predicted molar refractivity (Wildman–Crippen MR) is 62.0 cm³/mol. The molecule has 0 rings (SSSR count). The highest BCUT2D eigenvalue weighted by Gasteiger charge is 2.12. The summed E-state index contributed by atoms with van der Waals surface area (Å²) in [6.07, 6.45) is 0.358. The molecule has 0 aliphatic rings. The molecule has 16 heavy (non-hydrogen) atoms. The van der Waals surface area contributed by atoms with Crippen molar-refractivity contribution in [2.24, 2.45) is 0 Å². The van der Waals surface area contributed by atoms with E-state index in [0.717, 1.165) is 0 Å². The van der Waals surface area contributed by atoms with Crippen molar-refractivity contribution in [1.82, 2.24) is 10.6 Å². The monoisotopic (exact) mass is 230 g/mol. The van der Waals surface area contributed by atoms with Crippen LogP contribution in [0.1, 0.15) is 34.1 Å². The van der Waals surface area contributed by atoms with E-state index in [2.05, 4.69) is 10.6 Å². The largest absolute Gasteiger partial charge is 0.465 e. The van der Waals surface area contributed by atoms with Gasteiger partial charge in [0.25, 0.3) is 0 Å². The van der Waals surface area contributed by atoms with Crippen molar-refractivity contribution in [2.75, 3.05) is 19.7 Å². The average molecular weight is 230 g/mol. The van der Waals surface area contributed by atoms with Crippen molar-refractivity contribution in [1.29, 1.82) is 0 Å². The molecule has 2 N–H and O–H groups in total. The number of nitrogens with one attached hydrogen (secondary N) is 2. The zero-order valence-corrected chi connectivity index (χ0v) is 10.6. The summed E-state index contributed by atoms with van der Waals surface area (Å²) in [6, 6.07) is 0. The van der Waals surface area contributed by atoms with Gasteiger partial charge in [-0.3, -0.25) is 9.59 Å². The molecule has 0 bridgehead atoms. The molecule has 0 unspecified atom stereocenters. The molecule has 0 saturated heterocycles. The Kier molecular flexibility index (Phi) is 6.72. The zero-order valence-electron chi connectivity index (χ0n) is 10.6. The molecule has 0 aromatic carbocycles. The lowest BCUT2D eigenvalue weighted by Gasteiger charge is -2.20. The minimum atomic E-state index is -0.293. The zero-order chi connectivity index (χ0) is 12.6. The molecule has 5 nitrogen and oxygen atoms in total. The molecule has 0 fully saturated rings. The van der Waals surface area contributed by atoms with E-state index in [1.165, 1.54) is 0 Å². The second-order valence-electron chi connectivity index (χ2n) is 4.53. The summed E-state index contributed by atoms with van der Waals surface area (Å²) in [5.74, 6) is -0.317. The van der Waals surface area contributed by atoms with E-state index in [1.807, 2.05) is 20.8 Å². The third-order valence-corrected chi connectivity index (χ3v) is 1.62. The Hall–Kier alpha value is -1.10. The van der Waals surface area contributed by atoms with Crippen LogP contribution >= 0.6 is 0 Å². The Balaban J connectivity index is 3.52. The molecule has 0 spiro atoms. The second-order valence-corrected chi connectivity index (χ2v) is 4.53. The van der Waals surface area contributed by atoms with Crippen LogP contribution in [0.4, 0.5) is 0 Å². The molecule has 94 valence electrons. The Morgan fingerprint density at radius 1 is 1.25 bits per heavy atom. The van der Waals surface area contributed by atoms with E-state index in [0.29, 0.717) is 19.6 Å². The first-order valence-electron chi connectivity index (χ1n) is 5.52. The molecule has 0 aliphatic carbocycles. The van der Waals surface area contributed by atoms with Crippen LogP contribution in [0.3, 0.4) is 0 Å². The molecule has 0 atom stereocenters. The Morgan fingerprint density at radius 3 is 2.38 bits per heavy atom. The summed E-state index contributed by atoms with van der Waals surface area (Å²) in [7, 11) is 0. The summed E-state index contributed by atoms with van der Waals surface area (Å²) in [4.78, 5) is 22.3. The van der Waals surface area contributed by atoms with Gasteiger partial charge in [-0.05, 0) is 27.7 Å². The third kappa shape index (κ3) is 9.45. The van der Waals surface area contributed by atoms with Crippen LogP contribution in [0.15, 0.2) is 0 Å². The molecule has 0 aliphatic heterocycles. The van der Waals surface area contributed by atoms with E-state index in [9.17, 15) is 9.59 Å². The van der Waals surface area contributed by atoms with Gasteiger partial charge in [-0.1, -0.05) is 0 Å². The highest BCUT2D eigenvalue weighted by molar-refractivity contribution is 5.77. The number of amides is 1. The lowest BCUT2D eigenvalue weighted by atomic mass is 10.1. The number of carbonyl (C=O) groups is 2. The minimum absolute atomic E-state index is 0.0242. The van der Waals surface area contributed by atoms with Gasteiger partial charge >= 0.3 is 5.97 Å². The minimum Gasteiger partial charge on any atom is -0.465 e. The fourth-order valence-electron chi connectivity index (χ4n) is 1.09. The number of esters is 1. The number of hydrogen-bond acceptors (Lipinski definition) is 4. The predicted octanol–water partition coefficient (Wildman–Crippen LogP) is 0.444. The molecule has 0 aromatic heterocycles. The fourth-order valence-corrected chi connectivity index (χ4v) is 1.09. The number of rotatable bonds is 6. The van der Waals surface area contributed by atoms with Crippen molar-refractivity contribution in [3.8, 4) is 0 Å². The van der Waals surface area contributed by atoms with Gasteiger partial charge in [0, 0.05) is 18.5 Å². The first-order chi connectivity index (χ1) is 7.35. The van der Waals surface area contributed by atoms with E-state index in [1.54, 1.807) is 6.92 Å².